The van der Waals surface area contributed by atoms with Crippen molar-refractivity contribution < 1.29 is 4.74 Å². The molecule has 2 aromatic heterocycles. The molecule has 0 aliphatic rings. The number of aromatic amines is 1. The number of benzene rings is 1. The molecule has 2 heterocycles. The van der Waals surface area contributed by atoms with E-state index in [0.29, 0.717) is 4.77 Å². The van der Waals surface area contributed by atoms with Gasteiger partial charge in [-0.1, -0.05) is 15.9 Å². The SMILES string of the molecule is CCn1nc(C)c2[nH]c(=S)n(-c3cc(Br)cc(OC)c3)c21. The molecule has 0 atom stereocenters. The Hall–Kier alpha value is -1.60. The Morgan fingerprint density at radius 2 is 2.14 bits per heavy atom. The highest BCUT2D eigenvalue weighted by molar-refractivity contribution is 9.10. The number of nitrogens with zero attached hydrogens (tertiary/aromatic N) is 3. The van der Waals surface area contributed by atoms with E-state index in [-0.39, 0.29) is 0 Å². The van der Waals surface area contributed by atoms with Crippen LogP contribution in [0.3, 0.4) is 0 Å². The average Bonchev–Trinajstić information content (AvgIpc) is 2.94. The first-order valence-corrected chi connectivity index (χ1v) is 7.78. The van der Waals surface area contributed by atoms with E-state index >= 15 is 0 Å². The Kier molecular flexibility index (Phi) is 3.62. The predicted octanol–water partition coefficient (Wildman–Crippen LogP) is 3.98. The first-order valence-electron chi connectivity index (χ1n) is 6.58. The van der Waals surface area contributed by atoms with Gasteiger partial charge in [0.2, 0.25) is 0 Å². The van der Waals surface area contributed by atoms with E-state index in [0.717, 1.165) is 39.3 Å². The molecule has 0 spiro atoms. The Morgan fingerprint density at radius 3 is 2.81 bits per heavy atom. The molecule has 0 amide bonds. The molecule has 3 rings (SSSR count). The third-order valence-corrected chi connectivity index (χ3v) is 4.14. The summed E-state index contributed by atoms with van der Waals surface area (Å²) in [6, 6.07) is 5.88. The summed E-state index contributed by atoms with van der Waals surface area (Å²) < 4.78 is 10.9. The van der Waals surface area contributed by atoms with Crippen LogP contribution in [0.25, 0.3) is 16.9 Å². The van der Waals surface area contributed by atoms with Crippen LogP contribution in [0.1, 0.15) is 12.6 Å². The summed E-state index contributed by atoms with van der Waals surface area (Å²) >= 11 is 9.00. The van der Waals surface area contributed by atoms with Crippen molar-refractivity contribution in [2.24, 2.45) is 0 Å². The van der Waals surface area contributed by atoms with E-state index in [9.17, 15) is 0 Å². The standard InChI is InChI=1S/C14H15BrN4OS/c1-4-18-13-12(8(2)17-18)16-14(21)19(13)10-5-9(15)6-11(7-10)20-3/h5-7H,4H2,1-3H3,(H,16,21). The molecular formula is C14H15BrN4OS. The molecule has 0 radical (unpaired) electrons. The molecule has 5 nitrogen and oxygen atoms in total. The third kappa shape index (κ3) is 2.30. The van der Waals surface area contributed by atoms with Crippen LogP contribution < -0.4 is 4.74 Å². The summed E-state index contributed by atoms with van der Waals surface area (Å²) in [6.07, 6.45) is 0. The van der Waals surface area contributed by atoms with Crippen LogP contribution in [-0.2, 0) is 6.54 Å². The van der Waals surface area contributed by atoms with Crippen molar-refractivity contribution in [1.29, 1.82) is 0 Å². The van der Waals surface area contributed by atoms with E-state index in [1.807, 2.05) is 34.4 Å². The summed E-state index contributed by atoms with van der Waals surface area (Å²) in [7, 11) is 1.65. The van der Waals surface area contributed by atoms with E-state index in [2.05, 4.69) is 32.9 Å². The largest absolute Gasteiger partial charge is 0.497 e. The lowest BCUT2D eigenvalue weighted by Crippen LogP contribution is -2.04. The van der Waals surface area contributed by atoms with Crippen molar-refractivity contribution in [3.63, 3.8) is 0 Å². The number of hydrogen-bond acceptors (Lipinski definition) is 3. The van der Waals surface area contributed by atoms with Gasteiger partial charge in [-0.25, -0.2) is 4.68 Å². The summed E-state index contributed by atoms with van der Waals surface area (Å²) in [4.78, 5) is 3.24. The minimum absolute atomic E-state index is 0.646. The average molecular weight is 367 g/mol. The van der Waals surface area contributed by atoms with Crippen LogP contribution in [0.5, 0.6) is 5.75 Å². The Morgan fingerprint density at radius 1 is 1.38 bits per heavy atom. The summed E-state index contributed by atoms with van der Waals surface area (Å²) in [5, 5.41) is 4.54. The molecule has 21 heavy (non-hydrogen) atoms. The van der Waals surface area contributed by atoms with E-state index in [1.165, 1.54) is 0 Å². The summed E-state index contributed by atoms with van der Waals surface area (Å²) in [5.74, 6) is 0.773. The fraction of sp³-hybridized carbons (Fsp3) is 0.286. The Balaban J connectivity index is 2.37. The number of ether oxygens (including phenoxy) is 1. The van der Waals surface area contributed by atoms with Crippen LogP contribution in [0.15, 0.2) is 22.7 Å². The maximum absolute atomic E-state index is 5.49. The molecular weight excluding hydrogens is 352 g/mol. The van der Waals surface area contributed by atoms with E-state index in [4.69, 9.17) is 17.0 Å². The Bertz CT molecular complexity index is 877. The summed E-state index contributed by atoms with van der Waals surface area (Å²) in [6.45, 7) is 4.82. The van der Waals surface area contributed by atoms with Crippen molar-refractivity contribution in [2.75, 3.05) is 7.11 Å². The number of aryl methyl sites for hydroxylation is 2. The van der Waals surface area contributed by atoms with Crippen LogP contribution in [0.4, 0.5) is 0 Å². The molecule has 0 fully saturated rings. The molecule has 0 saturated heterocycles. The number of H-pyrrole nitrogens is 1. The molecule has 1 N–H and O–H groups in total. The second-order valence-electron chi connectivity index (χ2n) is 4.71. The number of methoxy groups -OCH3 is 1. The topological polar surface area (TPSA) is 47.8 Å². The molecule has 0 bridgehead atoms. The number of hydrogen-bond donors (Lipinski definition) is 1. The van der Waals surface area contributed by atoms with Gasteiger partial charge >= 0.3 is 0 Å². The highest BCUT2D eigenvalue weighted by atomic mass is 79.9. The van der Waals surface area contributed by atoms with Crippen LogP contribution >= 0.6 is 28.1 Å². The zero-order chi connectivity index (χ0) is 15.1. The maximum Gasteiger partial charge on any atom is 0.184 e. The van der Waals surface area contributed by atoms with E-state index < -0.39 is 0 Å². The minimum atomic E-state index is 0.646. The van der Waals surface area contributed by atoms with Crippen LogP contribution in [0.2, 0.25) is 0 Å². The summed E-state index contributed by atoms with van der Waals surface area (Å²) in [5.41, 5.74) is 3.83. The Labute approximate surface area is 135 Å². The van der Waals surface area contributed by atoms with Crippen LogP contribution in [0, 0.1) is 11.7 Å². The normalized spacial score (nSPS) is 11.2. The van der Waals surface area contributed by atoms with Gasteiger partial charge in [0.1, 0.15) is 11.3 Å². The zero-order valence-corrected chi connectivity index (χ0v) is 14.4. The highest BCUT2D eigenvalue weighted by Gasteiger charge is 2.15. The number of aromatic nitrogens is 4. The van der Waals surface area contributed by atoms with Gasteiger partial charge in [0.05, 0.1) is 18.5 Å². The van der Waals surface area contributed by atoms with Gasteiger partial charge in [0.15, 0.2) is 10.4 Å². The maximum atomic E-state index is 5.49. The van der Waals surface area contributed by atoms with Crippen molar-refractivity contribution in [1.82, 2.24) is 19.3 Å². The van der Waals surface area contributed by atoms with Gasteiger partial charge in [-0.05, 0) is 38.2 Å². The molecule has 1 aromatic carbocycles. The molecule has 110 valence electrons. The highest BCUT2D eigenvalue weighted by Crippen LogP contribution is 2.27. The molecule has 7 heteroatoms. The van der Waals surface area contributed by atoms with Gasteiger partial charge < -0.3 is 9.72 Å². The monoisotopic (exact) mass is 366 g/mol. The number of fused-ring (bicyclic) bond motifs is 1. The van der Waals surface area contributed by atoms with Gasteiger partial charge in [-0.2, -0.15) is 5.10 Å². The quantitative estimate of drug-likeness (QED) is 0.713. The van der Waals surface area contributed by atoms with Crippen molar-refractivity contribution in [3.05, 3.63) is 33.1 Å². The van der Waals surface area contributed by atoms with Gasteiger partial charge in [-0.15, -0.1) is 0 Å². The second-order valence-corrected chi connectivity index (χ2v) is 6.02. The van der Waals surface area contributed by atoms with Gasteiger partial charge in [0.25, 0.3) is 0 Å². The lowest BCUT2D eigenvalue weighted by Gasteiger charge is -2.09. The first kappa shape index (κ1) is 14.3. The number of nitrogens with one attached hydrogen (secondary N) is 1. The fourth-order valence-corrected chi connectivity index (χ4v) is 3.21. The van der Waals surface area contributed by atoms with Gasteiger partial charge in [0, 0.05) is 17.1 Å². The van der Waals surface area contributed by atoms with Crippen molar-refractivity contribution in [3.8, 4) is 11.4 Å². The van der Waals surface area contributed by atoms with Crippen molar-refractivity contribution >= 4 is 39.3 Å². The first-order chi connectivity index (χ1) is 10.0. The predicted molar refractivity (Wildman–Crippen MR) is 88.9 cm³/mol. The molecule has 0 unspecified atom stereocenters. The second kappa shape index (κ2) is 5.31. The van der Waals surface area contributed by atoms with Gasteiger partial charge in [-0.3, -0.25) is 4.57 Å². The fourth-order valence-electron chi connectivity index (χ4n) is 2.46. The lowest BCUT2D eigenvalue weighted by atomic mass is 10.3. The number of rotatable bonds is 3. The molecule has 0 aliphatic carbocycles. The third-order valence-electron chi connectivity index (χ3n) is 3.40. The van der Waals surface area contributed by atoms with Crippen molar-refractivity contribution in [2.45, 2.75) is 20.4 Å². The van der Waals surface area contributed by atoms with E-state index in [1.54, 1.807) is 7.11 Å². The molecule has 0 aliphatic heterocycles. The molecule has 0 saturated carbocycles. The molecule has 3 aromatic rings. The lowest BCUT2D eigenvalue weighted by molar-refractivity contribution is 0.414. The minimum Gasteiger partial charge on any atom is -0.497 e. The number of imidazole rings is 1. The number of halogens is 1. The smallest absolute Gasteiger partial charge is 0.184 e. The zero-order valence-electron chi connectivity index (χ0n) is 12.0. The van der Waals surface area contributed by atoms with Crippen LogP contribution in [-0.4, -0.2) is 26.4 Å².